The van der Waals surface area contributed by atoms with Gasteiger partial charge in [-0.1, -0.05) is 35.3 Å². The van der Waals surface area contributed by atoms with Gasteiger partial charge in [-0.25, -0.2) is 4.90 Å². The minimum Gasteiger partial charge on any atom is -0.481 e. The Bertz CT molecular complexity index is 883. The maximum absolute atomic E-state index is 12.6. The van der Waals surface area contributed by atoms with Gasteiger partial charge in [0.1, 0.15) is 6.04 Å². The highest BCUT2D eigenvalue weighted by Gasteiger charge is 2.39. The van der Waals surface area contributed by atoms with E-state index in [1.54, 1.807) is 30.3 Å². The summed E-state index contributed by atoms with van der Waals surface area (Å²) in [5.74, 6) is -1.64. The van der Waals surface area contributed by atoms with Crippen molar-refractivity contribution in [2.75, 3.05) is 10.2 Å². The number of amides is 2. The van der Waals surface area contributed by atoms with Gasteiger partial charge in [0.25, 0.3) is 5.91 Å². The molecule has 6 nitrogen and oxygen atoms in total. The van der Waals surface area contributed by atoms with Crippen molar-refractivity contribution in [2.45, 2.75) is 18.9 Å². The van der Waals surface area contributed by atoms with E-state index < -0.39 is 12.0 Å². The van der Waals surface area contributed by atoms with Crippen molar-refractivity contribution in [2.24, 2.45) is 0 Å². The molecular weight excluding hydrogens is 379 g/mol. The summed E-state index contributed by atoms with van der Waals surface area (Å²) in [5, 5.41) is 12.4. The monoisotopic (exact) mass is 392 g/mol. The molecule has 1 atom stereocenters. The van der Waals surface area contributed by atoms with Gasteiger partial charge in [-0.15, -0.1) is 0 Å². The normalized spacial score (nSPS) is 16.8. The molecule has 0 aliphatic carbocycles. The molecule has 26 heavy (non-hydrogen) atoms. The number of nitrogens with one attached hydrogen (secondary N) is 1. The van der Waals surface area contributed by atoms with Gasteiger partial charge >= 0.3 is 5.97 Å². The molecule has 1 aliphatic rings. The van der Waals surface area contributed by atoms with Crippen LogP contribution in [0.25, 0.3) is 0 Å². The van der Waals surface area contributed by atoms with Crippen LogP contribution in [0.15, 0.2) is 42.5 Å². The van der Waals surface area contributed by atoms with Crippen molar-refractivity contribution in [1.82, 2.24) is 0 Å². The molecule has 0 radical (unpaired) electrons. The number of aliphatic carboxylic acids is 1. The summed E-state index contributed by atoms with van der Waals surface area (Å²) in [4.78, 5) is 36.7. The second-order valence-corrected chi connectivity index (χ2v) is 6.65. The van der Waals surface area contributed by atoms with E-state index in [0.717, 1.165) is 4.90 Å². The van der Waals surface area contributed by atoms with Crippen LogP contribution in [0.2, 0.25) is 10.0 Å². The van der Waals surface area contributed by atoms with Gasteiger partial charge in [0.05, 0.1) is 28.6 Å². The van der Waals surface area contributed by atoms with Crippen LogP contribution in [0.4, 0.5) is 11.4 Å². The van der Waals surface area contributed by atoms with Gasteiger partial charge in [0.15, 0.2) is 0 Å². The van der Waals surface area contributed by atoms with Crippen LogP contribution in [0.3, 0.4) is 0 Å². The van der Waals surface area contributed by atoms with Crippen LogP contribution < -0.4 is 10.2 Å². The number of rotatable bonds is 5. The molecule has 3 rings (SSSR count). The van der Waals surface area contributed by atoms with Crippen LogP contribution in [-0.4, -0.2) is 28.9 Å². The average molecular weight is 393 g/mol. The Morgan fingerprint density at radius 3 is 2.42 bits per heavy atom. The second-order valence-electron chi connectivity index (χ2n) is 5.83. The van der Waals surface area contributed by atoms with E-state index in [1.807, 2.05) is 0 Å². The third-order valence-electron chi connectivity index (χ3n) is 3.96. The number of imide groups is 1. The van der Waals surface area contributed by atoms with Crippen molar-refractivity contribution < 1.29 is 19.5 Å². The molecule has 1 saturated heterocycles. The lowest BCUT2D eigenvalue weighted by molar-refractivity contribution is -0.136. The lowest BCUT2D eigenvalue weighted by atomic mass is 10.1. The molecule has 8 heteroatoms. The van der Waals surface area contributed by atoms with Crippen LogP contribution >= 0.6 is 23.2 Å². The molecule has 0 saturated carbocycles. The summed E-state index contributed by atoms with van der Waals surface area (Å²) in [7, 11) is 0. The van der Waals surface area contributed by atoms with E-state index in [9.17, 15) is 14.4 Å². The lowest BCUT2D eigenvalue weighted by Gasteiger charge is -2.16. The van der Waals surface area contributed by atoms with Gasteiger partial charge in [0.2, 0.25) is 5.91 Å². The molecule has 0 aromatic heterocycles. The molecule has 2 amide bonds. The molecule has 1 fully saturated rings. The second kappa shape index (κ2) is 7.35. The first-order chi connectivity index (χ1) is 12.3. The predicted molar refractivity (Wildman–Crippen MR) is 98.8 cm³/mol. The Labute approximate surface area is 159 Å². The summed E-state index contributed by atoms with van der Waals surface area (Å²) in [6.45, 7) is 0. The first kappa shape index (κ1) is 18.2. The fraction of sp³-hybridized carbons (Fsp3) is 0.167. The topological polar surface area (TPSA) is 86.7 Å². The number of anilines is 2. The average Bonchev–Trinajstić information content (AvgIpc) is 2.85. The first-order valence-corrected chi connectivity index (χ1v) is 8.50. The van der Waals surface area contributed by atoms with E-state index in [0.29, 0.717) is 22.0 Å². The molecule has 0 bridgehead atoms. The van der Waals surface area contributed by atoms with E-state index in [4.69, 9.17) is 28.3 Å². The summed E-state index contributed by atoms with van der Waals surface area (Å²) in [6, 6.07) is 10.5. The first-order valence-electron chi connectivity index (χ1n) is 7.74. The number of carbonyl (C=O) groups excluding carboxylic acids is 2. The molecule has 134 valence electrons. The van der Waals surface area contributed by atoms with Crippen molar-refractivity contribution in [3.8, 4) is 0 Å². The smallest absolute Gasteiger partial charge is 0.307 e. The molecule has 1 aliphatic heterocycles. The van der Waals surface area contributed by atoms with Crippen molar-refractivity contribution >= 4 is 52.4 Å². The highest BCUT2D eigenvalue weighted by Crippen LogP contribution is 2.30. The Morgan fingerprint density at radius 1 is 1.12 bits per heavy atom. The van der Waals surface area contributed by atoms with Crippen molar-refractivity contribution in [3.63, 3.8) is 0 Å². The molecule has 0 spiro atoms. The minimum atomic E-state index is -0.917. The third kappa shape index (κ3) is 3.81. The summed E-state index contributed by atoms with van der Waals surface area (Å²) >= 11 is 11.8. The van der Waals surface area contributed by atoms with Crippen LogP contribution in [0.5, 0.6) is 0 Å². The highest BCUT2D eigenvalue weighted by molar-refractivity contribution is 6.42. The number of hydrogen-bond acceptors (Lipinski definition) is 4. The van der Waals surface area contributed by atoms with Gasteiger partial charge < -0.3 is 10.4 Å². The fourth-order valence-electron chi connectivity index (χ4n) is 2.73. The van der Waals surface area contributed by atoms with Gasteiger partial charge in [0, 0.05) is 5.69 Å². The number of halogens is 2. The Hall–Kier alpha value is -2.57. The van der Waals surface area contributed by atoms with Gasteiger partial charge in [-0.05, 0) is 35.9 Å². The largest absolute Gasteiger partial charge is 0.481 e. The maximum atomic E-state index is 12.6. The van der Waals surface area contributed by atoms with Crippen molar-refractivity contribution in [3.05, 3.63) is 58.1 Å². The standard InChI is InChI=1S/C18H14Cl2N2O4/c19-13-6-5-12(8-14(13)20)22-16(23)9-15(18(22)26)21-11-3-1-10(2-4-11)7-17(24)25/h1-6,8,15,21H,7,9H2,(H,24,25)/t15-/m0/s1. The zero-order valence-electron chi connectivity index (χ0n) is 13.4. The summed E-state index contributed by atoms with van der Waals surface area (Å²) in [5.41, 5.74) is 1.64. The predicted octanol–water partition coefficient (Wildman–Crippen LogP) is 3.36. The van der Waals surface area contributed by atoms with Gasteiger partial charge in [-0.2, -0.15) is 0 Å². The molecule has 2 N–H and O–H groups in total. The maximum Gasteiger partial charge on any atom is 0.307 e. The molecule has 2 aromatic carbocycles. The zero-order valence-corrected chi connectivity index (χ0v) is 14.9. The summed E-state index contributed by atoms with van der Waals surface area (Å²) < 4.78 is 0. The number of carbonyl (C=O) groups is 3. The quantitative estimate of drug-likeness (QED) is 0.761. The number of carboxylic acid groups (broad SMARTS) is 1. The summed E-state index contributed by atoms with van der Waals surface area (Å²) in [6.07, 6.45) is -0.0673. The minimum absolute atomic E-state index is 0.00988. The molecule has 2 aromatic rings. The van der Waals surface area contributed by atoms with Crippen LogP contribution in [-0.2, 0) is 20.8 Å². The lowest BCUT2D eigenvalue weighted by Crippen LogP contribution is -2.34. The van der Waals surface area contributed by atoms with Crippen LogP contribution in [0, 0.1) is 0 Å². The zero-order chi connectivity index (χ0) is 18.8. The van der Waals surface area contributed by atoms with Gasteiger partial charge in [-0.3, -0.25) is 14.4 Å². The van der Waals surface area contributed by atoms with E-state index in [1.165, 1.54) is 12.1 Å². The number of carboxylic acids is 1. The number of hydrogen-bond donors (Lipinski definition) is 2. The number of nitrogens with zero attached hydrogens (tertiary/aromatic N) is 1. The van der Waals surface area contributed by atoms with E-state index in [-0.39, 0.29) is 29.7 Å². The van der Waals surface area contributed by atoms with Crippen LogP contribution in [0.1, 0.15) is 12.0 Å². The third-order valence-corrected chi connectivity index (χ3v) is 4.70. The highest BCUT2D eigenvalue weighted by atomic mass is 35.5. The van der Waals surface area contributed by atoms with E-state index in [2.05, 4.69) is 5.32 Å². The SMILES string of the molecule is O=C(O)Cc1ccc(N[C@H]2CC(=O)N(c3ccc(Cl)c(Cl)c3)C2=O)cc1. The molecule has 1 heterocycles. The fourth-order valence-corrected chi connectivity index (χ4v) is 3.03. The number of benzene rings is 2. The van der Waals surface area contributed by atoms with Crippen molar-refractivity contribution in [1.29, 1.82) is 0 Å². The molecule has 0 unspecified atom stereocenters. The molecular formula is C18H14Cl2N2O4. The Kier molecular flexibility index (Phi) is 5.15. The van der Waals surface area contributed by atoms with E-state index >= 15 is 0 Å². The Morgan fingerprint density at radius 2 is 1.81 bits per heavy atom. The Balaban J connectivity index is 1.74.